The van der Waals surface area contributed by atoms with Gasteiger partial charge in [-0.2, -0.15) is 0 Å². The number of carbonyl (C=O) groups is 2. The molecule has 0 spiro atoms. The number of pyridine rings is 1. The van der Waals surface area contributed by atoms with Crippen LogP contribution in [0.4, 0.5) is 0 Å². The first kappa shape index (κ1) is 8.87. The van der Waals surface area contributed by atoms with E-state index in [0.717, 1.165) is 18.4 Å². The first-order valence-corrected chi connectivity index (χ1v) is 4.45. The third-order valence-corrected chi connectivity index (χ3v) is 2.31. The molecule has 1 aliphatic rings. The molecule has 72 valence electrons. The SMILES string of the molecule is O=C(O)c1ccc2c(n1)C(=O)CCC2. The Balaban J connectivity index is 2.51. The molecule has 0 fully saturated rings. The summed E-state index contributed by atoms with van der Waals surface area (Å²) in [5, 5.41) is 8.70. The third kappa shape index (κ3) is 1.39. The fraction of sp³-hybridized carbons (Fsp3) is 0.300. The lowest BCUT2D eigenvalue weighted by Gasteiger charge is -2.13. The molecule has 0 saturated heterocycles. The van der Waals surface area contributed by atoms with E-state index in [1.165, 1.54) is 6.07 Å². The van der Waals surface area contributed by atoms with E-state index in [4.69, 9.17) is 5.11 Å². The number of aromatic carboxylic acids is 1. The second-order valence-corrected chi connectivity index (χ2v) is 3.29. The van der Waals surface area contributed by atoms with E-state index in [9.17, 15) is 9.59 Å². The summed E-state index contributed by atoms with van der Waals surface area (Å²) < 4.78 is 0. The van der Waals surface area contributed by atoms with E-state index in [1.54, 1.807) is 6.07 Å². The maximum Gasteiger partial charge on any atom is 0.354 e. The normalized spacial score (nSPS) is 15.0. The highest BCUT2D eigenvalue weighted by Gasteiger charge is 2.20. The van der Waals surface area contributed by atoms with Crippen LogP contribution in [0, 0.1) is 0 Å². The minimum Gasteiger partial charge on any atom is -0.477 e. The Morgan fingerprint density at radius 3 is 2.86 bits per heavy atom. The van der Waals surface area contributed by atoms with Gasteiger partial charge < -0.3 is 5.11 Å². The molecule has 0 radical (unpaired) electrons. The molecule has 4 nitrogen and oxygen atoms in total. The second-order valence-electron chi connectivity index (χ2n) is 3.29. The van der Waals surface area contributed by atoms with Crippen LogP contribution in [0.25, 0.3) is 0 Å². The number of nitrogens with zero attached hydrogens (tertiary/aromatic N) is 1. The molecule has 0 bridgehead atoms. The number of fused-ring (bicyclic) bond motifs is 1. The minimum atomic E-state index is -1.09. The average molecular weight is 191 g/mol. The van der Waals surface area contributed by atoms with Crippen LogP contribution in [0.15, 0.2) is 12.1 Å². The fourth-order valence-electron chi connectivity index (χ4n) is 1.61. The molecule has 14 heavy (non-hydrogen) atoms. The summed E-state index contributed by atoms with van der Waals surface area (Å²) in [7, 11) is 0. The number of aryl methyl sites for hydroxylation is 1. The molecule has 1 aliphatic carbocycles. The maximum absolute atomic E-state index is 11.4. The van der Waals surface area contributed by atoms with Crippen LogP contribution < -0.4 is 0 Å². The smallest absolute Gasteiger partial charge is 0.354 e. The van der Waals surface area contributed by atoms with Gasteiger partial charge in [0.25, 0.3) is 0 Å². The Kier molecular flexibility index (Phi) is 2.04. The molecular formula is C10H9NO3. The molecule has 1 N–H and O–H groups in total. The third-order valence-electron chi connectivity index (χ3n) is 2.31. The highest BCUT2D eigenvalue weighted by Crippen LogP contribution is 2.19. The number of Topliss-reactive ketones (excluding diaryl/α,β-unsaturated/α-hetero) is 1. The number of ketones is 1. The zero-order valence-corrected chi connectivity index (χ0v) is 7.49. The molecule has 1 heterocycles. The monoisotopic (exact) mass is 191 g/mol. The Labute approximate surface area is 80.6 Å². The Hall–Kier alpha value is -1.71. The summed E-state index contributed by atoms with van der Waals surface area (Å²) in [6, 6.07) is 3.13. The first-order chi connectivity index (χ1) is 6.68. The molecule has 0 amide bonds. The molecule has 0 unspecified atom stereocenters. The van der Waals surface area contributed by atoms with Crippen molar-refractivity contribution in [3.05, 3.63) is 29.1 Å². The molecular weight excluding hydrogens is 182 g/mol. The van der Waals surface area contributed by atoms with Gasteiger partial charge in [-0.15, -0.1) is 0 Å². The quantitative estimate of drug-likeness (QED) is 0.726. The zero-order chi connectivity index (χ0) is 10.1. The summed E-state index contributed by atoms with van der Waals surface area (Å²) in [5.74, 6) is -1.14. The summed E-state index contributed by atoms with van der Waals surface area (Å²) in [6.07, 6.45) is 2.12. The lowest BCUT2D eigenvalue weighted by molar-refractivity contribution is 0.0690. The number of aromatic nitrogens is 1. The number of carboxylic acids is 1. The Morgan fingerprint density at radius 2 is 2.14 bits per heavy atom. The van der Waals surface area contributed by atoms with Crippen molar-refractivity contribution in [3.8, 4) is 0 Å². The van der Waals surface area contributed by atoms with Crippen LogP contribution in [0.1, 0.15) is 39.4 Å². The van der Waals surface area contributed by atoms with Gasteiger partial charge in [0.05, 0.1) is 0 Å². The van der Waals surface area contributed by atoms with Gasteiger partial charge in [0.15, 0.2) is 5.78 Å². The zero-order valence-electron chi connectivity index (χ0n) is 7.49. The van der Waals surface area contributed by atoms with E-state index in [1.807, 2.05) is 0 Å². The van der Waals surface area contributed by atoms with Gasteiger partial charge in [0.1, 0.15) is 11.4 Å². The molecule has 4 heteroatoms. The maximum atomic E-state index is 11.4. The lowest BCUT2D eigenvalue weighted by atomic mass is 9.95. The largest absolute Gasteiger partial charge is 0.477 e. The summed E-state index contributed by atoms with van der Waals surface area (Å²) in [6.45, 7) is 0. The van der Waals surface area contributed by atoms with Crippen molar-refractivity contribution in [3.63, 3.8) is 0 Å². The fourth-order valence-corrected chi connectivity index (χ4v) is 1.61. The molecule has 1 aromatic rings. The van der Waals surface area contributed by atoms with Gasteiger partial charge >= 0.3 is 5.97 Å². The highest BCUT2D eigenvalue weighted by atomic mass is 16.4. The summed E-state index contributed by atoms with van der Waals surface area (Å²) in [4.78, 5) is 25.9. The van der Waals surface area contributed by atoms with Gasteiger partial charge in [0.2, 0.25) is 0 Å². The van der Waals surface area contributed by atoms with E-state index >= 15 is 0 Å². The molecule has 0 atom stereocenters. The van der Waals surface area contributed by atoms with Crippen LogP contribution in [0.3, 0.4) is 0 Å². The van der Waals surface area contributed by atoms with Crippen molar-refractivity contribution in [2.45, 2.75) is 19.3 Å². The molecule has 0 aromatic carbocycles. The van der Waals surface area contributed by atoms with Crippen molar-refractivity contribution in [1.29, 1.82) is 0 Å². The molecule has 1 aromatic heterocycles. The van der Waals surface area contributed by atoms with Crippen LogP contribution in [0.5, 0.6) is 0 Å². The van der Waals surface area contributed by atoms with Crippen molar-refractivity contribution < 1.29 is 14.7 Å². The molecule has 0 saturated carbocycles. The second kappa shape index (κ2) is 3.21. The van der Waals surface area contributed by atoms with Gasteiger partial charge in [-0.3, -0.25) is 4.79 Å². The van der Waals surface area contributed by atoms with Crippen LogP contribution >= 0.6 is 0 Å². The van der Waals surface area contributed by atoms with Gasteiger partial charge in [0, 0.05) is 6.42 Å². The lowest BCUT2D eigenvalue weighted by Crippen LogP contribution is -2.15. The standard InChI is InChI=1S/C10H9NO3/c12-8-3-1-2-6-4-5-7(10(13)14)11-9(6)8/h4-5H,1-3H2,(H,13,14). The summed E-state index contributed by atoms with van der Waals surface area (Å²) >= 11 is 0. The van der Waals surface area contributed by atoms with Crippen LogP contribution in [-0.2, 0) is 6.42 Å². The van der Waals surface area contributed by atoms with E-state index in [0.29, 0.717) is 12.1 Å². The number of rotatable bonds is 1. The Morgan fingerprint density at radius 1 is 1.36 bits per heavy atom. The van der Waals surface area contributed by atoms with Crippen molar-refractivity contribution in [2.24, 2.45) is 0 Å². The first-order valence-electron chi connectivity index (χ1n) is 4.45. The minimum absolute atomic E-state index is 0.0469. The van der Waals surface area contributed by atoms with E-state index < -0.39 is 5.97 Å². The molecule has 0 aliphatic heterocycles. The van der Waals surface area contributed by atoms with E-state index in [2.05, 4.69) is 4.98 Å². The predicted molar refractivity (Wildman–Crippen MR) is 48.5 cm³/mol. The van der Waals surface area contributed by atoms with E-state index in [-0.39, 0.29) is 11.5 Å². The number of hydrogen-bond acceptors (Lipinski definition) is 3. The van der Waals surface area contributed by atoms with Crippen LogP contribution in [0.2, 0.25) is 0 Å². The van der Waals surface area contributed by atoms with Gasteiger partial charge in [-0.05, 0) is 24.5 Å². The highest BCUT2D eigenvalue weighted by molar-refractivity contribution is 5.97. The van der Waals surface area contributed by atoms with Gasteiger partial charge in [-0.25, -0.2) is 9.78 Å². The average Bonchev–Trinajstić information content (AvgIpc) is 2.18. The molecule has 2 rings (SSSR count). The van der Waals surface area contributed by atoms with Crippen molar-refractivity contribution in [1.82, 2.24) is 4.98 Å². The summed E-state index contributed by atoms with van der Waals surface area (Å²) in [5.41, 5.74) is 1.15. The predicted octanol–water partition coefficient (Wildman–Crippen LogP) is 1.30. The van der Waals surface area contributed by atoms with Gasteiger partial charge in [-0.1, -0.05) is 6.07 Å². The number of hydrogen-bond donors (Lipinski definition) is 1. The van der Waals surface area contributed by atoms with Crippen molar-refractivity contribution >= 4 is 11.8 Å². The van der Waals surface area contributed by atoms with Crippen molar-refractivity contribution in [2.75, 3.05) is 0 Å². The Bertz CT molecular complexity index is 412. The number of carboxylic acid groups (broad SMARTS) is 1. The topological polar surface area (TPSA) is 67.3 Å². The van der Waals surface area contributed by atoms with Crippen LogP contribution in [-0.4, -0.2) is 21.8 Å². The number of carbonyl (C=O) groups excluding carboxylic acids is 1.